The molecule has 1 saturated heterocycles. The van der Waals surface area contributed by atoms with Gasteiger partial charge in [0, 0.05) is 38.0 Å². The molecule has 0 aromatic rings. The van der Waals surface area contributed by atoms with Gasteiger partial charge in [-0.05, 0) is 12.3 Å². The lowest BCUT2D eigenvalue weighted by Crippen LogP contribution is -2.41. The molecule has 0 N–H and O–H groups in total. The number of halogens is 1. The molecule has 1 aliphatic heterocycles. The zero-order valence-corrected chi connectivity index (χ0v) is 10.8. The first-order chi connectivity index (χ1) is 6.68. The molecule has 14 heavy (non-hydrogen) atoms. The van der Waals surface area contributed by atoms with Gasteiger partial charge >= 0.3 is 0 Å². The van der Waals surface area contributed by atoms with Crippen molar-refractivity contribution in [2.45, 2.75) is 38.7 Å². The van der Waals surface area contributed by atoms with Gasteiger partial charge < -0.3 is 9.47 Å². The number of hydrogen-bond acceptors (Lipinski definition) is 2. The first-order valence-electron chi connectivity index (χ1n) is 5.46. The molecule has 0 bridgehead atoms. The zero-order valence-electron chi connectivity index (χ0n) is 9.22. The van der Waals surface area contributed by atoms with Crippen LogP contribution in [0.1, 0.15) is 33.1 Å². The molecule has 0 saturated carbocycles. The highest BCUT2D eigenvalue weighted by atomic mass is 79.9. The van der Waals surface area contributed by atoms with Crippen molar-refractivity contribution in [3.63, 3.8) is 0 Å². The van der Waals surface area contributed by atoms with Crippen LogP contribution in [0.5, 0.6) is 0 Å². The minimum absolute atomic E-state index is 0.0488. The summed E-state index contributed by atoms with van der Waals surface area (Å²) >= 11 is 3.55. The molecule has 0 atom stereocenters. The fourth-order valence-corrected chi connectivity index (χ4v) is 2.29. The van der Waals surface area contributed by atoms with Crippen molar-refractivity contribution in [1.29, 1.82) is 0 Å². The molecule has 1 heterocycles. The second-order valence-electron chi connectivity index (χ2n) is 4.46. The number of hydrogen-bond donors (Lipinski definition) is 0. The van der Waals surface area contributed by atoms with Crippen LogP contribution in [0.2, 0.25) is 0 Å². The SMILES string of the molecule is CC(C)CCOC1(CBr)CCOCC1. The van der Waals surface area contributed by atoms with Gasteiger partial charge in [0.1, 0.15) is 0 Å². The van der Waals surface area contributed by atoms with Crippen LogP contribution in [0.3, 0.4) is 0 Å². The molecule has 84 valence electrons. The summed E-state index contributed by atoms with van der Waals surface area (Å²) < 4.78 is 11.4. The Bertz CT molecular complexity index is 153. The Morgan fingerprint density at radius 2 is 2.00 bits per heavy atom. The first-order valence-corrected chi connectivity index (χ1v) is 6.58. The number of alkyl halides is 1. The van der Waals surface area contributed by atoms with E-state index in [0.29, 0.717) is 0 Å². The van der Waals surface area contributed by atoms with Gasteiger partial charge in [-0.25, -0.2) is 0 Å². The normalized spacial score (nSPS) is 21.4. The standard InChI is InChI=1S/C11H21BrO2/c1-10(2)3-6-14-11(9-12)4-7-13-8-5-11/h10H,3-9H2,1-2H3. The van der Waals surface area contributed by atoms with E-state index in [1.54, 1.807) is 0 Å². The van der Waals surface area contributed by atoms with Crippen molar-refractivity contribution in [2.24, 2.45) is 5.92 Å². The van der Waals surface area contributed by atoms with Crippen molar-refractivity contribution in [2.75, 3.05) is 25.2 Å². The Labute approximate surface area is 95.5 Å². The summed E-state index contributed by atoms with van der Waals surface area (Å²) in [5.74, 6) is 0.724. The van der Waals surface area contributed by atoms with Crippen LogP contribution in [0.25, 0.3) is 0 Å². The Hall–Kier alpha value is 0.400. The third-order valence-electron chi connectivity index (χ3n) is 2.75. The summed E-state index contributed by atoms with van der Waals surface area (Å²) in [7, 11) is 0. The largest absolute Gasteiger partial charge is 0.381 e. The third kappa shape index (κ3) is 3.87. The molecule has 1 fully saturated rings. The minimum atomic E-state index is 0.0488. The van der Waals surface area contributed by atoms with Crippen molar-refractivity contribution in [3.8, 4) is 0 Å². The Kier molecular flexibility index (Phi) is 5.42. The molecule has 0 aromatic heterocycles. The average Bonchev–Trinajstić information content (AvgIpc) is 2.19. The lowest BCUT2D eigenvalue weighted by atomic mass is 9.96. The lowest BCUT2D eigenvalue weighted by molar-refractivity contribution is -0.0973. The molecule has 1 aliphatic rings. The highest BCUT2D eigenvalue weighted by molar-refractivity contribution is 9.09. The molecule has 0 amide bonds. The smallest absolute Gasteiger partial charge is 0.0822 e. The van der Waals surface area contributed by atoms with Gasteiger partial charge in [0.15, 0.2) is 0 Å². The maximum Gasteiger partial charge on any atom is 0.0822 e. The van der Waals surface area contributed by atoms with Gasteiger partial charge in [0.25, 0.3) is 0 Å². The van der Waals surface area contributed by atoms with Gasteiger partial charge in [0.05, 0.1) is 5.60 Å². The molecule has 1 rings (SSSR count). The summed E-state index contributed by atoms with van der Waals surface area (Å²) in [5.41, 5.74) is 0.0488. The number of ether oxygens (including phenoxy) is 2. The van der Waals surface area contributed by atoms with Crippen molar-refractivity contribution < 1.29 is 9.47 Å². The van der Waals surface area contributed by atoms with Crippen molar-refractivity contribution in [1.82, 2.24) is 0 Å². The second-order valence-corrected chi connectivity index (χ2v) is 5.02. The monoisotopic (exact) mass is 264 g/mol. The summed E-state index contributed by atoms with van der Waals surface area (Å²) in [6, 6.07) is 0. The second kappa shape index (κ2) is 6.09. The first kappa shape index (κ1) is 12.5. The summed E-state index contributed by atoms with van der Waals surface area (Å²) in [6.45, 7) is 7.02. The molecular formula is C11H21BrO2. The Balaban J connectivity index is 2.29. The highest BCUT2D eigenvalue weighted by Gasteiger charge is 2.32. The predicted molar refractivity (Wildman–Crippen MR) is 62.0 cm³/mol. The van der Waals surface area contributed by atoms with Crippen LogP contribution in [0.4, 0.5) is 0 Å². The lowest BCUT2D eigenvalue weighted by Gasteiger charge is -2.35. The van der Waals surface area contributed by atoms with E-state index in [9.17, 15) is 0 Å². The minimum Gasteiger partial charge on any atom is -0.381 e. The molecule has 2 nitrogen and oxygen atoms in total. The van der Waals surface area contributed by atoms with E-state index in [0.717, 1.165) is 50.3 Å². The quantitative estimate of drug-likeness (QED) is 0.711. The summed E-state index contributed by atoms with van der Waals surface area (Å²) in [5, 5.41) is 0.932. The van der Waals surface area contributed by atoms with E-state index < -0.39 is 0 Å². The molecule has 0 aromatic carbocycles. The van der Waals surface area contributed by atoms with Gasteiger partial charge in [-0.3, -0.25) is 0 Å². The maximum atomic E-state index is 6.00. The molecule has 0 spiro atoms. The van der Waals surface area contributed by atoms with Gasteiger partial charge in [0.2, 0.25) is 0 Å². The molecule has 3 heteroatoms. The maximum absolute atomic E-state index is 6.00. The zero-order chi connectivity index (χ0) is 10.4. The van der Waals surface area contributed by atoms with E-state index in [-0.39, 0.29) is 5.60 Å². The van der Waals surface area contributed by atoms with Crippen LogP contribution >= 0.6 is 15.9 Å². The van der Waals surface area contributed by atoms with Gasteiger partial charge in [-0.2, -0.15) is 0 Å². The van der Waals surface area contributed by atoms with E-state index in [4.69, 9.17) is 9.47 Å². The van der Waals surface area contributed by atoms with Crippen molar-refractivity contribution in [3.05, 3.63) is 0 Å². The predicted octanol–water partition coefficient (Wildman–Crippen LogP) is 2.99. The van der Waals surface area contributed by atoms with Crippen LogP contribution in [0, 0.1) is 5.92 Å². The molecule has 0 radical (unpaired) electrons. The third-order valence-corrected chi connectivity index (χ3v) is 3.77. The van der Waals surface area contributed by atoms with Gasteiger partial charge in [-0.15, -0.1) is 0 Å². The Morgan fingerprint density at radius 1 is 1.36 bits per heavy atom. The number of rotatable bonds is 5. The van der Waals surface area contributed by atoms with E-state index in [1.165, 1.54) is 0 Å². The van der Waals surface area contributed by atoms with E-state index in [2.05, 4.69) is 29.8 Å². The van der Waals surface area contributed by atoms with E-state index in [1.807, 2.05) is 0 Å². The molecular weight excluding hydrogens is 244 g/mol. The average molecular weight is 265 g/mol. The summed E-state index contributed by atoms with van der Waals surface area (Å²) in [4.78, 5) is 0. The Morgan fingerprint density at radius 3 is 2.50 bits per heavy atom. The van der Waals surface area contributed by atoms with Crippen LogP contribution in [-0.2, 0) is 9.47 Å². The van der Waals surface area contributed by atoms with Crippen molar-refractivity contribution >= 4 is 15.9 Å². The highest BCUT2D eigenvalue weighted by Crippen LogP contribution is 2.27. The fraction of sp³-hybridized carbons (Fsp3) is 1.00. The molecule has 0 unspecified atom stereocenters. The van der Waals surface area contributed by atoms with Crippen LogP contribution in [-0.4, -0.2) is 30.8 Å². The molecule has 0 aliphatic carbocycles. The van der Waals surface area contributed by atoms with Gasteiger partial charge in [-0.1, -0.05) is 29.8 Å². The van der Waals surface area contributed by atoms with E-state index >= 15 is 0 Å². The topological polar surface area (TPSA) is 18.5 Å². The summed E-state index contributed by atoms with van der Waals surface area (Å²) in [6.07, 6.45) is 3.20. The van der Waals surface area contributed by atoms with Crippen LogP contribution < -0.4 is 0 Å². The van der Waals surface area contributed by atoms with Crippen LogP contribution in [0.15, 0.2) is 0 Å². The fourth-order valence-electron chi connectivity index (χ4n) is 1.57.